The number of aromatic nitrogens is 4. The van der Waals surface area contributed by atoms with Gasteiger partial charge in [0.15, 0.2) is 5.82 Å². The number of nitrogens with one attached hydrogen (secondary N) is 1. The molecule has 0 unspecified atom stereocenters. The van der Waals surface area contributed by atoms with Gasteiger partial charge in [0.1, 0.15) is 16.2 Å². The summed E-state index contributed by atoms with van der Waals surface area (Å²) in [6.45, 7) is 1.61. The molecule has 0 fully saturated rings. The van der Waals surface area contributed by atoms with E-state index in [1.54, 1.807) is 11.3 Å². The second-order valence-corrected chi connectivity index (χ2v) is 8.05. The molecule has 4 heterocycles. The summed E-state index contributed by atoms with van der Waals surface area (Å²) in [6.07, 6.45) is 0. The van der Waals surface area contributed by atoms with E-state index in [2.05, 4.69) is 22.6 Å². The van der Waals surface area contributed by atoms with Crippen molar-refractivity contribution in [1.82, 2.24) is 19.5 Å². The summed E-state index contributed by atoms with van der Waals surface area (Å²) >= 11 is 1.62. The number of anilines is 1. The van der Waals surface area contributed by atoms with Gasteiger partial charge in [0.2, 0.25) is 5.62 Å². The van der Waals surface area contributed by atoms with Crippen molar-refractivity contribution >= 4 is 37.6 Å². The van der Waals surface area contributed by atoms with Crippen LogP contribution in [0.3, 0.4) is 0 Å². The Kier molecular flexibility index (Phi) is 3.78. The van der Waals surface area contributed by atoms with Gasteiger partial charge in [-0.05, 0) is 0 Å². The minimum absolute atomic E-state index is 0.508. The van der Waals surface area contributed by atoms with Crippen molar-refractivity contribution in [2.24, 2.45) is 10.9 Å². The van der Waals surface area contributed by atoms with E-state index in [-0.39, 0.29) is 0 Å². The van der Waals surface area contributed by atoms with Crippen LogP contribution in [0, 0.1) is 0 Å². The van der Waals surface area contributed by atoms with Gasteiger partial charge < -0.3 is 11.2 Å². The van der Waals surface area contributed by atoms with Gasteiger partial charge in [-0.25, -0.2) is 15.0 Å². The summed E-state index contributed by atoms with van der Waals surface area (Å²) in [5.41, 5.74) is 4.21. The highest BCUT2D eigenvalue weighted by molar-refractivity contribution is 7.26. The molecule has 2 aromatic carbocycles. The molecule has 0 saturated heterocycles. The number of rotatable bonds is 2. The lowest BCUT2D eigenvalue weighted by Crippen LogP contribution is -2.24. The zero-order valence-electron chi connectivity index (χ0n) is 15.9. The monoisotopic (exact) mass is 411 g/mol. The first-order valence-electron chi connectivity index (χ1n) is 9.67. The van der Waals surface area contributed by atoms with E-state index in [9.17, 15) is 0 Å². The van der Waals surface area contributed by atoms with Crippen molar-refractivity contribution in [3.8, 4) is 22.6 Å². The Labute approximate surface area is 175 Å². The minimum atomic E-state index is 0.508. The molecular weight excluding hydrogens is 394 g/mol. The van der Waals surface area contributed by atoms with Gasteiger partial charge in [-0.1, -0.05) is 60.7 Å². The quantitative estimate of drug-likeness (QED) is 0.342. The van der Waals surface area contributed by atoms with E-state index in [0.717, 1.165) is 56.2 Å². The molecule has 3 aromatic heterocycles. The Morgan fingerprint density at radius 1 is 0.933 bits per heavy atom. The number of benzene rings is 2. The third-order valence-electron chi connectivity index (χ3n) is 5.29. The van der Waals surface area contributed by atoms with Crippen LogP contribution in [-0.4, -0.2) is 26.1 Å². The van der Waals surface area contributed by atoms with Crippen molar-refractivity contribution in [3.05, 3.63) is 66.3 Å². The van der Waals surface area contributed by atoms with E-state index >= 15 is 0 Å². The van der Waals surface area contributed by atoms with Crippen molar-refractivity contribution in [2.75, 3.05) is 11.9 Å². The van der Waals surface area contributed by atoms with Crippen molar-refractivity contribution in [1.29, 1.82) is 0 Å². The maximum absolute atomic E-state index is 5.66. The van der Waals surface area contributed by atoms with Gasteiger partial charge in [0, 0.05) is 24.2 Å². The van der Waals surface area contributed by atoms with E-state index in [1.807, 2.05) is 53.1 Å². The molecule has 1 aliphatic rings. The standard InChI is InChI=1S/C22H17N7S/c23-28-22-26-17-15-16(13-7-3-1-4-8-13)25-19(14-9-5-2-6-10-14)27-21(15)30-18(17)20-24-11-12-29(20)22/h1-10,24H,11-12,23H2/b28-22-. The fraction of sp³-hybridized carbons (Fsp3) is 0.0909. The summed E-state index contributed by atoms with van der Waals surface area (Å²) in [6, 6.07) is 20.2. The lowest BCUT2D eigenvalue weighted by atomic mass is 10.1. The first-order chi connectivity index (χ1) is 14.8. The van der Waals surface area contributed by atoms with Crippen LogP contribution in [-0.2, 0) is 6.54 Å². The second kappa shape index (κ2) is 6.64. The Bertz CT molecular complexity index is 1470. The second-order valence-electron chi connectivity index (χ2n) is 7.06. The number of nitrogens with zero attached hydrogens (tertiary/aromatic N) is 5. The summed E-state index contributed by atoms with van der Waals surface area (Å²) < 4.78 is 3.07. The van der Waals surface area contributed by atoms with Gasteiger partial charge in [-0.15, -0.1) is 16.4 Å². The predicted octanol–water partition coefficient (Wildman–Crippen LogP) is 3.57. The molecule has 8 heteroatoms. The third-order valence-corrected chi connectivity index (χ3v) is 6.37. The van der Waals surface area contributed by atoms with Crippen molar-refractivity contribution in [3.63, 3.8) is 0 Å². The smallest absolute Gasteiger partial charge is 0.248 e. The van der Waals surface area contributed by atoms with Crippen LogP contribution in [0.5, 0.6) is 0 Å². The Hall–Kier alpha value is -3.78. The first kappa shape index (κ1) is 17.1. The maximum atomic E-state index is 5.66. The number of nitrogens with two attached hydrogens (primary N) is 1. The van der Waals surface area contributed by atoms with Crippen LogP contribution in [0.1, 0.15) is 0 Å². The highest BCUT2D eigenvalue weighted by Gasteiger charge is 2.23. The molecular formula is C22H17N7S. The molecule has 0 radical (unpaired) electrons. The summed E-state index contributed by atoms with van der Waals surface area (Å²) in [4.78, 5) is 15.6. The number of fused-ring (bicyclic) bond motifs is 5. The first-order valence-corrected chi connectivity index (χ1v) is 10.5. The zero-order valence-corrected chi connectivity index (χ0v) is 16.7. The average Bonchev–Trinajstić information content (AvgIpc) is 3.44. The molecule has 0 aliphatic carbocycles. The Balaban J connectivity index is 1.77. The third kappa shape index (κ3) is 2.50. The summed E-state index contributed by atoms with van der Waals surface area (Å²) in [5.74, 6) is 7.36. The molecule has 5 aromatic rings. The lowest BCUT2D eigenvalue weighted by Gasteiger charge is -2.07. The largest absolute Gasteiger partial charge is 0.368 e. The van der Waals surface area contributed by atoms with Crippen LogP contribution in [0.4, 0.5) is 5.82 Å². The molecule has 30 heavy (non-hydrogen) atoms. The molecule has 0 saturated carbocycles. The lowest BCUT2D eigenvalue weighted by molar-refractivity contribution is 0.720. The van der Waals surface area contributed by atoms with Crippen LogP contribution in [0.25, 0.3) is 43.1 Å². The van der Waals surface area contributed by atoms with Gasteiger partial charge in [-0.3, -0.25) is 4.57 Å². The van der Waals surface area contributed by atoms with Gasteiger partial charge in [-0.2, -0.15) is 0 Å². The molecule has 0 spiro atoms. The van der Waals surface area contributed by atoms with Crippen LogP contribution < -0.4 is 16.8 Å². The number of hydrogen-bond acceptors (Lipinski definition) is 7. The fourth-order valence-electron chi connectivity index (χ4n) is 3.93. The van der Waals surface area contributed by atoms with Crippen molar-refractivity contribution in [2.45, 2.75) is 6.54 Å². The Morgan fingerprint density at radius 2 is 1.67 bits per heavy atom. The fourth-order valence-corrected chi connectivity index (χ4v) is 5.07. The molecule has 6 rings (SSSR count). The summed E-state index contributed by atoms with van der Waals surface area (Å²) in [5, 5.41) is 8.31. The van der Waals surface area contributed by atoms with Crippen LogP contribution in [0.15, 0.2) is 65.8 Å². The van der Waals surface area contributed by atoms with Crippen molar-refractivity contribution < 1.29 is 0 Å². The molecule has 0 amide bonds. The molecule has 3 N–H and O–H groups in total. The van der Waals surface area contributed by atoms with Crippen LogP contribution in [0.2, 0.25) is 0 Å². The van der Waals surface area contributed by atoms with Gasteiger partial charge in [0.05, 0.1) is 15.8 Å². The highest BCUT2D eigenvalue weighted by Crippen LogP contribution is 2.41. The van der Waals surface area contributed by atoms with E-state index in [4.69, 9.17) is 20.8 Å². The van der Waals surface area contributed by atoms with Crippen LogP contribution >= 0.6 is 11.3 Å². The average molecular weight is 411 g/mol. The minimum Gasteiger partial charge on any atom is -0.368 e. The van der Waals surface area contributed by atoms with E-state index in [0.29, 0.717) is 11.4 Å². The SMILES string of the molecule is N/N=c1/nc2c(sc3nc(-c4ccccc4)nc(-c4ccccc4)c32)c2n1CCN2. The van der Waals surface area contributed by atoms with E-state index in [1.165, 1.54) is 0 Å². The molecule has 0 bridgehead atoms. The highest BCUT2D eigenvalue weighted by atomic mass is 32.1. The van der Waals surface area contributed by atoms with Gasteiger partial charge >= 0.3 is 0 Å². The molecule has 1 aliphatic heterocycles. The molecule has 7 nitrogen and oxygen atoms in total. The predicted molar refractivity (Wildman–Crippen MR) is 120 cm³/mol. The van der Waals surface area contributed by atoms with Gasteiger partial charge in [0.25, 0.3) is 0 Å². The molecule has 0 atom stereocenters. The van der Waals surface area contributed by atoms with E-state index < -0.39 is 0 Å². The zero-order chi connectivity index (χ0) is 20.1. The number of thiophene rings is 1. The molecule has 146 valence electrons. The number of hydrogen-bond donors (Lipinski definition) is 2. The topological polar surface area (TPSA) is 94.0 Å². The normalized spacial score (nSPS) is 13.7. The summed E-state index contributed by atoms with van der Waals surface area (Å²) in [7, 11) is 0. The maximum Gasteiger partial charge on any atom is 0.248 e. The Morgan fingerprint density at radius 3 is 2.40 bits per heavy atom.